The molecule has 0 aliphatic heterocycles. The third-order valence-electron chi connectivity index (χ3n) is 1.80. The number of rotatable bonds is 1. The van der Waals surface area contributed by atoms with Crippen molar-refractivity contribution < 1.29 is 4.21 Å². The predicted octanol–water partition coefficient (Wildman–Crippen LogP) is 2.99. The first-order valence-electron chi connectivity index (χ1n) is 4.45. The van der Waals surface area contributed by atoms with Gasteiger partial charge in [0.2, 0.25) is 0 Å². The lowest BCUT2D eigenvalue weighted by molar-refractivity contribution is 0.659. The third kappa shape index (κ3) is 4.96. The van der Waals surface area contributed by atoms with E-state index >= 15 is 0 Å². The Hall–Kier alpha value is 0.370. The molecule has 0 amide bonds. The van der Waals surface area contributed by atoms with E-state index in [2.05, 4.69) is 27.0 Å². The van der Waals surface area contributed by atoms with Gasteiger partial charge in [-0.25, -0.2) is 0 Å². The molecule has 0 aromatic heterocycles. The van der Waals surface area contributed by atoms with E-state index in [1.165, 1.54) is 0 Å². The molecule has 0 aliphatic carbocycles. The first kappa shape index (κ1) is 13.4. The van der Waals surface area contributed by atoms with Gasteiger partial charge in [-0.05, 0) is 27.0 Å². The van der Waals surface area contributed by atoms with Gasteiger partial charge in [0.25, 0.3) is 0 Å². The maximum absolute atomic E-state index is 11.8. The molecule has 0 aromatic carbocycles. The monoisotopic (exact) mass is 222 g/mol. The van der Waals surface area contributed by atoms with Crippen LogP contribution in [-0.2, 0) is 10.8 Å². The lowest BCUT2D eigenvalue weighted by atomic mass is 10.3. The number of hydrogen-bond donors (Lipinski definition) is 0. The summed E-state index contributed by atoms with van der Waals surface area (Å²) in [5.74, 6) is 0. The standard InChI is InChI=1S/C10H22OS2/c1-9(2,3)12(7)8-13(11)10(4,5)6/h8H,1-7H3. The fourth-order valence-electron chi connectivity index (χ4n) is 0.420. The highest BCUT2D eigenvalue weighted by Gasteiger charge is 2.19. The van der Waals surface area contributed by atoms with Crippen LogP contribution >= 0.6 is 10.5 Å². The molecule has 0 aliphatic rings. The quantitative estimate of drug-likeness (QED) is 0.623. The van der Waals surface area contributed by atoms with E-state index in [-0.39, 0.29) is 20.0 Å². The van der Waals surface area contributed by atoms with Crippen LogP contribution in [-0.4, -0.2) is 24.7 Å². The molecule has 0 bridgehead atoms. The van der Waals surface area contributed by atoms with Crippen LogP contribution in [0.4, 0.5) is 0 Å². The Labute approximate surface area is 87.7 Å². The van der Waals surface area contributed by atoms with E-state index in [0.717, 1.165) is 0 Å². The van der Waals surface area contributed by atoms with Gasteiger partial charge in [0.05, 0.1) is 10.8 Å². The molecule has 0 N–H and O–H groups in total. The molecule has 0 rings (SSSR count). The molecule has 0 heterocycles. The summed E-state index contributed by atoms with van der Waals surface area (Å²) in [5, 5.41) is 0. The van der Waals surface area contributed by atoms with Crippen LogP contribution in [0.1, 0.15) is 41.5 Å². The second-order valence-corrected chi connectivity index (χ2v) is 10.1. The Morgan fingerprint density at radius 1 is 0.923 bits per heavy atom. The molecular weight excluding hydrogens is 200 g/mol. The Morgan fingerprint density at radius 2 is 1.31 bits per heavy atom. The van der Waals surface area contributed by atoms with Crippen LogP contribution in [0.2, 0.25) is 0 Å². The van der Waals surface area contributed by atoms with Gasteiger partial charge in [0, 0.05) is 14.2 Å². The summed E-state index contributed by atoms with van der Waals surface area (Å²) in [6.07, 6.45) is 2.16. The molecule has 0 radical (unpaired) electrons. The summed E-state index contributed by atoms with van der Waals surface area (Å²) in [5.41, 5.74) is 0. The zero-order valence-corrected chi connectivity index (χ0v) is 11.4. The molecule has 0 saturated heterocycles. The van der Waals surface area contributed by atoms with E-state index in [4.69, 9.17) is 0 Å². The largest absolute Gasteiger partial charge is 0.254 e. The fourth-order valence-corrected chi connectivity index (χ4v) is 3.78. The molecule has 0 saturated carbocycles. The van der Waals surface area contributed by atoms with Crippen LogP contribution in [0.25, 0.3) is 0 Å². The summed E-state index contributed by atoms with van der Waals surface area (Å²) in [6, 6.07) is 0. The summed E-state index contributed by atoms with van der Waals surface area (Å²) < 4.78 is 13.9. The average Bonchev–Trinajstić information content (AvgIpc) is 1.82. The first-order valence-corrected chi connectivity index (χ1v) is 7.36. The summed E-state index contributed by atoms with van der Waals surface area (Å²) in [6.45, 7) is 12.6. The average molecular weight is 222 g/mol. The van der Waals surface area contributed by atoms with Gasteiger partial charge >= 0.3 is 0 Å². The Morgan fingerprint density at radius 3 is 1.54 bits per heavy atom. The van der Waals surface area contributed by atoms with Crippen LogP contribution in [0.15, 0.2) is 0 Å². The van der Waals surface area contributed by atoms with E-state index in [1.54, 1.807) is 0 Å². The minimum Gasteiger partial charge on any atom is -0.254 e. The second-order valence-electron chi connectivity index (χ2n) is 5.18. The maximum atomic E-state index is 11.8. The highest BCUT2D eigenvalue weighted by molar-refractivity contribution is 8.27. The first-order chi connectivity index (χ1) is 5.55. The predicted molar refractivity (Wildman–Crippen MR) is 67.2 cm³/mol. The van der Waals surface area contributed by atoms with Gasteiger partial charge in [-0.3, -0.25) is 4.21 Å². The van der Waals surface area contributed by atoms with Crippen molar-refractivity contribution in [2.24, 2.45) is 0 Å². The van der Waals surface area contributed by atoms with Crippen molar-refractivity contribution in [2.75, 3.05) is 6.26 Å². The molecule has 13 heavy (non-hydrogen) atoms. The second kappa shape index (κ2) is 4.26. The van der Waals surface area contributed by atoms with E-state index in [9.17, 15) is 4.21 Å². The minimum atomic E-state index is -0.827. The fraction of sp³-hybridized carbons (Fsp3) is 0.900. The van der Waals surface area contributed by atoms with Gasteiger partial charge in [-0.15, -0.1) is 0 Å². The normalized spacial score (nSPS) is 18.7. The smallest absolute Gasteiger partial charge is 0.0566 e. The highest BCUT2D eigenvalue weighted by atomic mass is 32.2. The van der Waals surface area contributed by atoms with Crippen molar-refractivity contribution in [3.8, 4) is 0 Å². The summed E-state index contributed by atoms with van der Waals surface area (Å²) >= 11 is 0. The van der Waals surface area contributed by atoms with Crippen LogP contribution < -0.4 is 0 Å². The van der Waals surface area contributed by atoms with Gasteiger partial charge in [0.15, 0.2) is 0 Å². The summed E-state index contributed by atoms with van der Waals surface area (Å²) in [4.78, 5) is 0. The highest BCUT2D eigenvalue weighted by Crippen LogP contribution is 2.28. The Kier molecular flexibility index (Phi) is 4.38. The van der Waals surface area contributed by atoms with Gasteiger partial charge < -0.3 is 0 Å². The molecule has 1 nitrogen and oxygen atoms in total. The van der Waals surface area contributed by atoms with Crippen LogP contribution in [0.5, 0.6) is 0 Å². The zero-order chi connectivity index (χ0) is 10.9. The molecule has 80 valence electrons. The van der Waals surface area contributed by atoms with Crippen molar-refractivity contribution in [2.45, 2.75) is 51.0 Å². The zero-order valence-electron chi connectivity index (χ0n) is 9.80. The van der Waals surface area contributed by atoms with E-state index in [1.807, 2.05) is 25.5 Å². The number of hydrogen-bond acceptors (Lipinski definition) is 1. The van der Waals surface area contributed by atoms with Crippen LogP contribution in [0, 0.1) is 0 Å². The van der Waals surface area contributed by atoms with Crippen LogP contribution in [0.3, 0.4) is 0 Å². The van der Waals surface area contributed by atoms with Crippen molar-refractivity contribution in [1.29, 1.82) is 0 Å². The lowest BCUT2D eigenvalue weighted by Gasteiger charge is -2.23. The van der Waals surface area contributed by atoms with Crippen molar-refractivity contribution >= 4 is 26.0 Å². The van der Waals surface area contributed by atoms with Gasteiger partial charge in [-0.1, -0.05) is 20.8 Å². The molecule has 2 atom stereocenters. The molecule has 0 aromatic rings. The van der Waals surface area contributed by atoms with Crippen molar-refractivity contribution in [1.82, 2.24) is 0 Å². The minimum absolute atomic E-state index is 0.111. The molecule has 0 spiro atoms. The summed E-state index contributed by atoms with van der Waals surface area (Å²) in [7, 11) is -0.716. The van der Waals surface area contributed by atoms with E-state index in [0.29, 0.717) is 0 Å². The Balaban J connectivity index is 4.70. The molecule has 0 fully saturated rings. The van der Waals surface area contributed by atoms with Crippen molar-refractivity contribution in [3.05, 3.63) is 0 Å². The van der Waals surface area contributed by atoms with Crippen molar-refractivity contribution in [3.63, 3.8) is 0 Å². The molecule has 2 unspecified atom stereocenters. The lowest BCUT2D eigenvalue weighted by Crippen LogP contribution is -2.23. The topological polar surface area (TPSA) is 17.1 Å². The SMILES string of the molecule is CS(=CS(=O)C(C)(C)C)C(C)(C)C. The maximum Gasteiger partial charge on any atom is 0.0566 e. The molecular formula is C10H22OS2. The third-order valence-corrected chi connectivity index (χ3v) is 6.79. The van der Waals surface area contributed by atoms with Gasteiger partial charge in [0.1, 0.15) is 0 Å². The Bertz CT molecular complexity index is 228. The van der Waals surface area contributed by atoms with E-state index < -0.39 is 10.8 Å². The van der Waals surface area contributed by atoms with Gasteiger partial charge in [-0.2, -0.15) is 10.5 Å². The molecule has 3 heteroatoms.